The highest BCUT2D eigenvalue weighted by molar-refractivity contribution is 7.71. The molecular formula is C23H26N4O2S. The molecule has 1 aromatic heterocycles. The zero-order chi connectivity index (χ0) is 21.1. The molecule has 0 amide bonds. The number of benzene rings is 2. The van der Waals surface area contributed by atoms with Gasteiger partial charge in [0.15, 0.2) is 16.3 Å². The van der Waals surface area contributed by atoms with E-state index in [-0.39, 0.29) is 6.04 Å². The first-order valence-corrected chi connectivity index (χ1v) is 10.3. The minimum Gasteiger partial charge on any atom is -0.493 e. The Kier molecular flexibility index (Phi) is 6.01. The van der Waals surface area contributed by atoms with Crippen molar-refractivity contribution in [2.75, 3.05) is 20.8 Å². The van der Waals surface area contributed by atoms with Crippen LogP contribution in [-0.2, 0) is 19.6 Å². The summed E-state index contributed by atoms with van der Waals surface area (Å²) in [5, 5.41) is 4.51. The summed E-state index contributed by atoms with van der Waals surface area (Å²) < 4.78 is 15.6. The average molecular weight is 423 g/mol. The molecule has 0 N–H and O–H groups in total. The fourth-order valence-electron chi connectivity index (χ4n) is 4.08. The number of methoxy groups -OCH3 is 2. The molecule has 0 unspecified atom stereocenters. The molecule has 0 spiro atoms. The molecule has 0 aliphatic carbocycles. The fourth-order valence-corrected chi connectivity index (χ4v) is 4.31. The Balaban J connectivity index is 1.76. The molecule has 156 valence electrons. The van der Waals surface area contributed by atoms with Crippen LogP contribution in [0.4, 0.5) is 0 Å². The van der Waals surface area contributed by atoms with Crippen molar-refractivity contribution in [3.8, 4) is 11.5 Å². The van der Waals surface area contributed by atoms with E-state index in [4.69, 9.17) is 21.7 Å². The molecule has 3 aromatic rings. The van der Waals surface area contributed by atoms with Crippen molar-refractivity contribution in [3.63, 3.8) is 0 Å². The van der Waals surface area contributed by atoms with Gasteiger partial charge in [0, 0.05) is 13.1 Å². The Morgan fingerprint density at radius 2 is 1.90 bits per heavy atom. The first-order valence-electron chi connectivity index (χ1n) is 9.93. The number of rotatable bonds is 7. The summed E-state index contributed by atoms with van der Waals surface area (Å²) in [5.74, 6) is 1.51. The highest BCUT2D eigenvalue weighted by atomic mass is 32.1. The van der Waals surface area contributed by atoms with Gasteiger partial charge in [-0.05, 0) is 47.5 Å². The molecule has 2 heterocycles. The molecule has 6 nitrogen and oxygen atoms in total. The van der Waals surface area contributed by atoms with Gasteiger partial charge in [0.2, 0.25) is 0 Å². The quantitative estimate of drug-likeness (QED) is 0.421. The van der Waals surface area contributed by atoms with Crippen LogP contribution in [0.15, 0.2) is 61.4 Å². The second-order valence-corrected chi connectivity index (χ2v) is 7.64. The molecule has 0 saturated heterocycles. The lowest BCUT2D eigenvalue weighted by molar-refractivity contribution is 0.154. The summed E-state index contributed by atoms with van der Waals surface area (Å²) in [7, 11) is 3.35. The third kappa shape index (κ3) is 3.78. The van der Waals surface area contributed by atoms with Gasteiger partial charge in [-0.2, -0.15) is 5.10 Å². The molecule has 7 heteroatoms. The van der Waals surface area contributed by atoms with Crippen molar-refractivity contribution < 1.29 is 9.47 Å². The Morgan fingerprint density at radius 3 is 2.60 bits per heavy atom. The molecule has 0 bridgehead atoms. The van der Waals surface area contributed by atoms with Crippen LogP contribution in [0.3, 0.4) is 0 Å². The van der Waals surface area contributed by atoms with Gasteiger partial charge in [-0.3, -0.25) is 4.90 Å². The van der Waals surface area contributed by atoms with Crippen molar-refractivity contribution in [2.24, 2.45) is 0 Å². The lowest BCUT2D eigenvalue weighted by Crippen LogP contribution is -2.37. The topological polar surface area (TPSA) is 44.5 Å². The Labute approximate surface area is 182 Å². The van der Waals surface area contributed by atoms with Crippen molar-refractivity contribution in [1.29, 1.82) is 0 Å². The number of hydrogen-bond acceptors (Lipinski definition) is 5. The fraction of sp³-hybridized carbons (Fsp3) is 0.304. The van der Waals surface area contributed by atoms with Crippen LogP contribution in [0.5, 0.6) is 11.5 Å². The third-order valence-electron chi connectivity index (χ3n) is 5.53. The number of hydrogen-bond donors (Lipinski definition) is 0. The molecule has 0 saturated carbocycles. The smallest absolute Gasteiger partial charge is 0.199 e. The summed E-state index contributed by atoms with van der Waals surface area (Å²) >= 11 is 5.62. The number of ether oxygens (including phenoxy) is 2. The molecule has 1 aliphatic rings. The van der Waals surface area contributed by atoms with Crippen molar-refractivity contribution in [1.82, 2.24) is 19.2 Å². The standard InChI is InChI=1S/C23H26N4O2S/c1-4-11-25-15-24-27(23(25)30)16-26-12-10-18-13-20(28-2)21(29-3)14-19(18)22(26)17-8-6-5-7-9-17/h4-9,13-15,22H,1,10-12,16H2,2-3H3/t22-/m1/s1. The normalized spacial score (nSPS) is 16.1. The summed E-state index contributed by atoms with van der Waals surface area (Å²) in [6, 6.07) is 14.8. The van der Waals surface area contributed by atoms with Gasteiger partial charge >= 0.3 is 0 Å². The second kappa shape index (κ2) is 8.85. The molecule has 30 heavy (non-hydrogen) atoms. The maximum Gasteiger partial charge on any atom is 0.199 e. The van der Waals surface area contributed by atoms with Gasteiger partial charge in [0.05, 0.1) is 26.9 Å². The van der Waals surface area contributed by atoms with Crippen LogP contribution in [0.25, 0.3) is 0 Å². The lowest BCUT2D eigenvalue weighted by atomic mass is 9.88. The molecule has 0 fully saturated rings. The van der Waals surface area contributed by atoms with E-state index in [9.17, 15) is 0 Å². The molecule has 4 rings (SSSR count). The maximum absolute atomic E-state index is 5.62. The monoisotopic (exact) mass is 422 g/mol. The average Bonchev–Trinajstić information content (AvgIpc) is 3.12. The predicted molar refractivity (Wildman–Crippen MR) is 119 cm³/mol. The maximum atomic E-state index is 5.62. The molecular weight excluding hydrogens is 396 g/mol. The van der Waals surface area contributed by atoms with Crippen molar-refractivity contribution in [2.45, 2.75) is 25.7 Å². The minimum absolute atomic E-state index is 0.0706. The summed E-state index contributed by atoms with van der Waals surface area (Å²) in [4.78, 5) is 2.41. The first kappa shape index (κ1) is 20.4. The highest BCUT2D eigenvalue weighted by Gasteiger charge is 2.30. The number of nitrogens with zero attached hydrogens (tertiary/aromatic N) is 4. The SMILES string of the molecule is C=CCn1cnn(CN2CCc3cc(OC)c(OC)cc3[C@H]2c2ccccc2)c1=S. The van der Waals surface area contributed by atoms with Crippen molar-refractivity contribution >= 4 is 12.2 Å². The van der Waals surface area contributed by atoms with Gasteiger partial charge in [0.25, 0.3) is 0 Å². The number of aromatic nitrogens is 3. The van der Waals surface area contributed by atoms with E-state index in [0.717, 1.165) is 24.5 Å². The van der Waals surface area contributed by atoms with Crippen LogP contribution in [-0.4, -0.2) is 40.0 Å². The minimum atomic E-state index is 0.0706. The predicted octanol–water partition coefficient (Wildman–Crippen LogP) is 4.22. The lowest BCUT2D eigenvalue weighted by Gasteiger charge is -2.37. The molecule has 0 radical (unpaired) electrons. The van der Waals surface area contributed by atoms with E-state index < -0.39 is 0 Å². The van der Waals surface area contributed by atoms with E-state index in [1.54, 1.807) is 20.5 Å². The van der Waals surface area contributed by atoms with E-state index in [1.807, 2.05) is 21.4 Å². The van der Waals surface area contributed by atoms with Crippen LogP contribution in [0.2, 0.25) is 0 Å². The number of allylic oxidation sites excluding steroid dienone is 1. The van der Waals surface area contributed by atoms with Gasteiger partial charge in [-0.25, -0.2) is 4.68 Å². The van der Waals surface area contributed by atoms with Gasteiger partial charge in [0.1, 0.15) is 6.33 Å². The highest BCUT2D eigenvalue weighted by Crippen LogP contribution is 2.41. The first-order chi connectivity index (χ1) is 14.7. The number of fused-ring (bicyclic) bond motifs is 1. The Morgan fingerprint density at radius 1 is 1.17 bits per heavy atom. The summed E-state index contributed by atoms with van der Waals surface area (Å²) in [6.07, 6.45) is 4.51. The van der Waals surface area contributed by atoms with E-state index in [2.05, 4.69) is 53.0 Å². The van der Waals surface area contributed by atoms with Gasteiger partial charge in [-0.15, -0.1) is 6.58 Å². The second-order valence-electron chi connectivity index (χ2n) is 7.28. The van der Waals surface area contributed by atoms with Gasteiger partial charge in [-0.1, -0.05) is 36.4 Å². The van der Waals surface area contributed by atoms with Crippen molar-refractivity contribution in [3.05, 3.63) is 82.9 Å². The van der Waals surface area contributed by atoms with Gasteiger partial charge < -0.3 is 14.0 Å². The van der Waals surface area contributed by atoms with Crippen LogP contribution >= 0.6 is 12.2 Å². The Hall–Kier alpha value is -2.90. The summed E-state index contributed by atoms with van der Waals surface area (Å²) in [5.41, 5.74) is 3.73. The summed E-state index contributed by atoms with van der Waals surface area (Å²) in [6.45, 7) is 5.94. The molecule has 2 aromatic carbocycles. The zero-order valence-corrected chi connectivity index (χ0v) is 18.1. The van der Waals surface area contributed by atoms with Crippen LogP contribution in [0.1, 0.15) is 22.7 Å². The molecule has 1 aliphatic heterocycles. The third-order valence-corrected chi connectivity index (χ3v) is 5.97. The Bertz CT molecular complexity index is 1090. The van der Waals surface area contributed by atoms with E-state index in [1.165, 1.54) is 16.7 Å². The van der Waals surface area contributed by atoms with E-state index >= 15 is 0 Å². The van der Waals surface area contributed by atoms with E-state index in [0.29, 0.717) is 18.0 Å². The van der Waals surface area contributed by atoms with Crippen LogP contribution in [0, 0.1) is 4.77 Å². The zero-order valence-electron chi connectivity index (χ0n) is 17.3. The van der Waals surface area contributed by atoms with Crippen LogP contribution < -0.4 is 9.47 Å². The largest absolute Gasteiger partial charge is 0.493 e. The molecule has 1 atom stereocenters.